The van der Waals surface area contributed by atoms with Gasteiger partial charge in [-0.2, -0.15) is 10.5 Å². The van der Waals surface area contributed by atoms with Gasteiger partial charge in [0, 0.05) is 24.6 Å². The molecule has 0 unspecified atom stereocenters. The SMILES string of the molecule is CC(=O)Oc1cc(Cl)c(C=C(C#N)C#N)c(Cl)c1. The van der Waals surface area contributed by atoms with Crippen molar-refractivity contribution >= 4 is 35.2 Å². The summed E-state index contributed by atoms with van der Waals surface area (Å²) in [5, 5.41) is 17.7. The van der Waals surface area contributed by atoms with E-state index in [1.807, 2.05) is 0 Å². The molecule has 1 aromatic rings. The van der Waals surface area contributed by atoms with Gasteiger partial charge in [0.15, 0.2) is 0 Å². The molecule has 18 heavy (non-hydrogen) atoms. The lowest BCUT2D eigenvalue weighted by atomic mass is 10.1. The molecule has 0 aliphatic carbocycles. The summed E-state index contributed by atoms with van der Waals surface area (Å²) in [7, 11) is 0. The maximum absolute atomic E-state index is 10.8. The van der Waals surface area contributed by atoms with Gasteiger partial charge in [-0.25, -0.2) is 0 Å². The van der Waals surface area contributed by atoms with Crippen LogP contribution in [0.5, 0.6) is 5.75 Å². The Morgan fingerprint density at radius 2 is 1.78 bits per heavy atom. The fraction of sp³-hybridized carbons (Fsp3) is 0.0833. The van der Waals surface area contributed by atoms with Crippen LogP contribution < -0.4 is 4.74 Å². The van der Waals surface area contributed by atoms with Gasteiger partial charge in [-0.1, -0.05) is 23.2 Å². The average molecular weight is 281 g/mol. The zero-order valence-corrected chi connectivity index (χ0v) is 10.7. The second-order valence-electron chi connectivity index (χ2n) is 3.18. The van der Waals surface area contributed by atoms with Crippen molar-refractivity contribution in [1.29, 1.82) is 10.5 Å². The zero-order chi connectivity index (χ0) is 13.7. The predicted octanol–water partition coefficient (Wildman–Crippen LogP) is 3.35. The summed E-state index contributed by atoms with van der Waals surface area (Å²) in [6.07, 6.45) is 1.27. The second-order valence-corrected chi connectivity index (χ2v) is 3.99. The van der Waals surface area contributed by atoms with Crippen LogP contribution in [0.1, 0.15) is 12.5 Å². The first-order chi connectivity index (χ1) is 8.47. The summed E-state index contributed by atoms with van der Waals surface area (Å²) in [5.74, 6) is -0.301. The molecule has 0 N–H and O–H groups in total. The predicted molar refractivity (Wildman–Crippen MR) is 67.0 cm³/mol. The minimum absolute atomic E-state index is 0.126. The number of carbonyl (C=O) groups is 1. The number of nitriles is 2. The summed E-state index contributed by atoms with van der Waals surface area (Å²) in [6.45, 7) is 1.25. The number of carbonyl (C=O) groups excluding carboxylic acids is 1. The lowest BCUT2D eigenvalue weighted by Crippen LogP contribution is -2.01. The molecule has 0 saturated heterocycles. The zero-order valence-electron chi connectivity index (χ0n) is 9.20. The van der Waals surface area contributed by atoms with Gasteiger partial charge in [0.1, 0.15) is 23.5 Å². The molecule has 0 aliphatic heterocycles. The third-order valence-electron chi connectivity index (χ3n) is 1.84. The van der Waals surface area contributed by atoms with Crippen molar-refractivity contribution in [1.82, 2.24) is 0 Å². The molecule has 1 aromatic carbocycles. The van der Waals surface area contributed by atoms with E-state index in [1.54, 1.807) is 12.1 Å². The van der Waals surface area contributed by atoms with E-state index in [9.17, 15) is 4.79 Å². The van der Waals surface area contributed by atoms with Crippen LogP contribution in [0.15, 0.2) is 17.7 Å². The molecule has 0 heterocycles. The maximum atomic E-state index is 10.8. The van der Waals surface area contributed by atoms with Gasteiger partial charge in [0.2, 0.25) is 0 Å². The van der Waals surface area contributed by atoms with Gasteiger partial charge in [0.05, 0.1) is 10.0 Å². The van der Waals surface area contributed by atoms with Crippen molar-refractivity contribution < 1.29 is 9.53 Å². The molecule has 0 fully saturated rings. The summed E-state index contributed by atoms with van der Waals surface area (Å²) in [4.78, 5) is 10.8. The molecule has 6 heteroatoms. The maximum Gasteiger partial charge on any atom is 0.308 e. The number of ether oxygens (including phenoxy) is 1. The summed E-state index contributed by atoms with van der Waals surface area (Å²) in [5.41, 5.74) is 0.200. The van der Waals surface area contributed by atoms with Crippen LogP contribution in [0.4, 0.5) is 0 Å². The van der Waals surface area contributed by atoms with E-state index in [-0.39, 0.29) is 21.4 Å². The van der Waals surface area contributed by atoms with Crippen LogP contribution in [0.2, 0.25) is 10.0 Å². The van der Waals surface area contributed by atoms with Crippen molar-refractivity contribution in [2.75, 3.05) is 0 Å². The Labute approximate surface area is 114 Å². The van der Waals surface area contributed by atoms with Crippen molar-refractivity contribution in [3.63, 3.8) is 0 Å². The minimum Gasteiger partial charge on any atom is -0.427 e. The van der Waals surface area contributed by atoms with Gasteiger partial charge in [-0.3, -0.25) is 4.79 Å². The molecule has 0 spiro atoms. The highest BCUT2D eigenvalue weighted by Gasteiger charge is 2.09. The van der Waals surface area contributed by atoms with Gasteiger partial charge in [0.25, 0.3) is 0 Å². The highest BCUT2D eigenvalue weighted by atomic mass is 35.5. The lowest BCUT2D eigenvalue weighted by molar-refractivity contribution is -0.131. The third-order valence-corrected chi connectivity index (χ3v) is 2.47. The Kier molecular flexibility index (Phi) is 4.74. The molecule has 1 rings (SSSR count). The fourth-order valence-corrected chi connectivity index (χ4v) is 1.73. The van der Waals surface area contributed by atoms with Gasteiger partial charge >= 0.3 is 5.97 Å². The first-order valence-electron chi connectivity index (χ1n) is 4.67. The number of rotatable bonds is 2. The van der Waals surface area contributed by atoms with Crippen molar-refractivity contribution in [2.45, 2.75) is 6.92 Å². The Morgan fingerprint density at radius 3 is 2.17 bits per heavy atom. The number of allylic oxidation sites excluding steroid dienone is 1. The van der Waals surface area contributed by atoms with Crippen LogP contribution in [-0.4, -0.2) is 5.97 Å². The van der Waals surface area contributed by atoms with Crippen molar-refractivity contribution in [3.05, 3.63) is 33.3 Å². The van der Waals surface area contributed by atoms with E-state index in [0.717, 1.165) is 0 Å². The number of esters is 1. The largest absolute Gasteiger partial charge is 0.427 e. The molecule has 0 radical (unpaired) electrons. The molecule has 0 atom stereocenters. The summed E-state index contributed by atoms with van der Waals surface area (Å²) >= 11 is 11.9. The van der Waals surface area contributed by atoms with Crippen molar-refractivity contribution in [2.24, 2.45) is 0 Å². The van der Waals surface area contributed by atoms with Crippen LogP contribution in [0.3, 0.4) is 0 Å². The quantitative estimate of drug-likeness (QED) is 0.473. The number of nitrogens with zero attached hydrogens (tertiary/aromatic N) is 2. The Morgan fingerprint density at radius 1 is 1.28 bits per heavy atom. The smallest absolute Gasteiger partial charge is 0.308 e. The normalized spacial score (nSPS) is 8.94. The molecule has 0 aromatic heterocycles. The highest BCUT2D eigenvalue weighted by Crippen LogP contribution is 2.32. The molecule has 0 bridgehead atoms. The minimum atomic E-state index is -0.500. The Balaban J connectivity index is 3.26. The van der Waals surface area contributed by atoms with Crippen LogP contribution in [0, 0.1) is 22.7 Å². The molecule has 90 valence electrons. The third kappa shape index (κ3) is 3.49. The average Bonchev–Trinajstić information content (AvgIpc) is 2.27. The Bertz CT molecular complexity index is 570. The van der Waals surface area contributed by atoms with Crippen molar-refractivity contribution in [3.8, 4) is 17.9 Å². The molecule has 0 aliphatic rings. The van der Waals surface area contributed by atoms with E-state index >= 15 is 0 Å². The Hall–Kier alpha value is -2.01. The molecular weight excluding hydrogens is 275 g/mol. The molecular formula is C12H6Cl2N2O2. The summed E-state index contributed by atoms with van der Waals surface area (Å²) in [6, 6.07) is 6.16. The second kappa shape index (κ2) is 6.07. The van der Waals surface area contributed by atoms with E-state index < -0.39 is 5.97 Å². The van der Waals surface area contributed by atoms with Crippen LogP contribution in [0.25, 0.3) is 6.08 Å². The van der Waals surface area contributed by atoms with E-state index in [1.165, 1.54) is 25.1 Å². The molecule has 0 amide bonds. The van der Waals surface area contributed by atoms with Gasteiger partial charge in [-0.05, 0) is 6.08 Å². The van der Waals surface area contributed by atoms with Gasteiger partial charge in [-0.15, -0.1) is 0 Å². The first-order valence-corrected chi connectivity index (χ1v) is 5.43. The van der Waals surface area contributed by atoms with Crippen LogP contribution >= 0.6 is 23.2 Å². The number of halogens is 2. The number of hydrogen-bond donors (Lipinski definition) is 0. The van der Waals surface area contributed by atoms with Crippen LogP contribution in [-0.2, 0) is 4.79 Å². The highest BCUT2D eigenvalue weighted by molar-refractivity contribution is 6.37. The van der Waals surface area contributed by atoms with E-state index in [0.29, 0.717) is 5.56 Å². The van der Waals surface area contributed by atoms with E-state index in [2.05, 4.69) is 0 Å². The summed E-state index contributed by atoms with van der Waals surface area (Å²) < 4.78 is 4.83. The standard InChI is InChI=1S/C12H6Cl2N2O2/c1-7(17)18-9-3-11(13)10(12(14)4-9)2-8(5-15)6-16/h2-4H,1H3. The monoisotopic (exact) mass is 280 g/mol. The topological polar surface area (TPSA) is 73.9 Å². The number of hydrogen-bond acceptors (Lipinski definition) is 4. The molecule has 4 nitrogen and oxygen atoms in total. The first kappa shape index (κ1) is 14.1. The molecule has 0 saturated carbocycles. The van der Waals surface area contributed by atoms with Gasteiger partial charge < -0.3 is 4.74 Å². The van der Waals surface area contributed by atoms with E-state index in [4.69, 9.17) is 38.5 Å². The lowest BCUT2D eigenvalue weighted by Gasteiger charge is -2.06. The fourth-order valence-electron chi connectivity index (χ4n) is 1.16. The number of benzene rings is 1.